The van der Waals surface area contributed by atoms with Crippen LogP contribution in [0.3, 0.4) is 0 Å². The van der Waals surface area contributed by atoms with Gasteiger partial charge in [-0.3, -0.25) is 0 Å². The minimum atomic E-state index is 1.17. The number of hydrogen-bond acceptors (Lipinski definition) is 0. The number of aromatic nitrogens is 2. The number of aromatic amines is 2. The summed E-state index contributed by atoms with van der Waals surface area (Å²) in [5.74, 6) is 0. The lowest BCUT2D eigenvalue weighted by Gasteiger charge is -2.16. The van der Waals surface area contributed by atoms with Crippen molar-refractivity contribution in [2.24, 2.45) is 0 Å². The Morgan fingerprint density at radius 2 is 0.667 bits per heavy atom. The second-order valence-electron chi connectivity index (χ2n) is 14.9. The quantitative estimate of drug-likeness (QED) is 0.180. The van der Waals surface area contributed by atoms with Crippen molar-refractivity contribution in [3.63, 3.8) is 0 Å². The van der Waals surface area contributed by atoms with Gasteiger partial charge in [0.25, 0.3) is 0 Å². The average molecular weight is 693 g/mol. The van der Waals surface area contributed by atoms with Gasteiger partial charge >= 0.3 is 0 Å². The summed E-state index contributed by atoms with van der Waals surface area (Å²) in [6.07, 6.45) is 0. The van der Waals surface area contributed by atoms with Crippen LogP contribution in [0.1, 0.15) is 22.3 Å². The highest BCUT2D eigenvalue weighted by Crippen LogP contribution is 2.44. The van der Waals surface area contributed by atoms with Gasteiger partial charge in [-0.05, 0) is 107 Å². The number of benzene rings is 8. The van der Waals surface area contributed by atoms with Crippen molar-refractivity contribution in [1.29, 1.82) is 0 Å². The van der Waals surface area contributed by atoms with E-state index in [2.05, 4.69) is 195 Å². The molecule has 258 valence electrons. The Balaban J connectivity index is 1.09. The van der Waals surface area contributed by atoms with Gasteiger partial charge in [-0.25, -0.2) is 0 Å². The summed E-state index contributed by atoms with van der Waals surface area (Å²) in [6, 6.07) is 58.0. The predicted molar refractivity (Wildman–Crippen MR) is 231 cm³/mol. The van der Waals surface area contributed by atoms with Gasteiger partial charge in [0, 0.05) is 43.7 Å². The van der Waals surface area contributed by atoms with Crippen molar-refractivity contribution in [3.8, 4) is 55.6 Å². The SMILES string of the molecule is Cc1ccccc1-c1ccc2c([nH]c3cccc(C)c32)c1-c1ccc(-c2ccc(-c3c(-c4ccccc4C)ccc4c3[nH]c3cccc(C)c34)cc2)cc1. The van der Waals surface area contributed by atoms with Crippen LogP contribution in [0, 0.1) is 27.7 Å². The van der Waals surface area contributed by atoms with Crippen LogP contribution in [0.25, 0.3) is 99.2 Å². The molecule has 0 spiro atoms. The minimum Gasteiger partial charge on any atom is -0.354 e. The third kappa shape index (κ3) is 5.02. The summed E-state index contributed by atoms with van der Waals surface area (Å²) < 4.78 is 0. The summed E-state index contributed by atoms with van der Waals surface area (Å²) >= 11 is 0. The highest BCUT2D eigenvalue weighted by molar-refractivity contribution is 6.17. The largest absolute Gasteiger partial charge is 0.354 e. The van der Waals surface area contributed by atoms with E-state index in [0.29, 0.717) is 0 Å². The molecule has 2 nitrogen and oxygen atoms in total. The van der Waals surface area contributed by atoms with Gasteiger partial charge in [-0.15, -0.1) is 0 Å². The molecule has 10 rings (SSSR count). The number of fused-ring (bicyclic) bond motifs is 6. The highest BCUT2D eigenvalue weighted by Gasteiger charge is 2.19. The number of hydrogen-bond donors (Lipinski definition) is 2. The predicted octanol–water partition coefficient (Wildman–Crippen LogP) is 14.5. The van der Waals surface area contributed by atoms with E-state index >= 15 is 0 Å². The van der Waals surface area contributed by atoms with Crippen LogP contribution in [0.5, 0.6) is 0 Å². The molecule has 8 aromatic carbocycles. The molecule has 0 bridgehead atoms. The molecule has 0 atom stereocenters. The third-order valence-electron chi connectivity index (χ3n) is 11.6. The Hall–Kier alpha value is -6.64. The molecule has 2 heterocycles. The first-order valence-electron chi connectivity index (χ1n) is 18.9. The first-order chi connectivity index (χ1) is 26.4. The number of aryl methyl sites for hydroxylation is 4. The molecule has 0 aliphatic carbocycles. The molecular formula is C52H40N2. The fraction of sp³-hybridized carbons (Fsp3) is 0.0769. The zero-order chi connectivity index (χ0) is 36.5. The fourth-order valence-corrected chi connectivity index (χ4v) is 8.87. The molecule has 0 unspecified atom stereocenters. The van der Waals surface area contributed by atoms with Crippen molar-refractivity contribution < 1.29 is 0 Å². The Bertz CT molecular complexity index is 2850. The summed E-state index contributed by atoms with van der Waals surface area (Å²) in [5.41, 5.74) is 22.1. The molecule has 0 saturated carbocycles. The number of nitrogens with one attached hydrogen (secondary N) is 2. The molecule has 0 aliphatic heterocycles. The molecule has 0 amide bonds. The molecule has 0 fully saturated rings. The van der Waals surface area contributed by atoms with Gasteiger partial charge in [0.2, 0.25) is 0 Å². The first-order valence-corrected chi connectivity index (χ1v) is 18.9. The van der Waals surface area contributed by atoms with E-state index in [4.69, 9.17) is 0 Å². The van der Waals surface area contributed by atoms with Crippen LogP contribution in [0.15, 0.2) is 158 Å². The van der Waals surface area contributed by atoms with E-state index in [-0.39, 0.29) is 0 Å². The van der Waals surface area contributed by atoms with Gasteiger partial charge in [-0.2, -0.15) is 0 Å². The van der Waals surface area contributed by atoms with Crippen LogP contribution in [-0.4, -0.2) is 9.97 Å². The molecule has 0 radical (unpaired) electrons. The molecule has 2 N–H and O–H groups in total. The van der Waals surface area contributed by atoms with Gasteiger partial charge in [0.05, 0.1) is 11.0 Å². The maximum atomic E-state index is 3.82. The molecule has 2 aromatic heterocycles. The van der Waals surface area contributed by atoms with Crippen molar-refractivity contribution in [1.82, 2.24) is 9.97 Å². The molecule has 0 aliphatic rings. The molecule has 0 saturated heterocycles. The number of rotatable bonds is 5. The standard InChI is InChI=1S/C52H40N2/c1-31-11-5-7-15-39(31)41-27-29-43-47-33(3)13-9-17-45(47)53-51(43)49(41)37-23-19-35(20-24-37)36-21-25-38(26-22-36)50-42(40-16-8-6-12-32(40)2)28-30-44-48-34(4)14-10-18-46(48)54-52(44)50/h5-30,53-54H,1-4H3. The lowest BCUT2D eigenvalue weighted by molar-refractivity contribution is 1.45. The summed E-state index contributed by atoms with van der Waals surface area (Å²) in [7, 11) is 0. The van der Waals surface area contributed by atoms with Gasteiger partial charge < -0.3 is 9.97 Å². The van der Waals surface area contributed by atoms with E-state index in [1.165, 1.54) is 122 Å². The van der Waals surface area contributed by atoms with E-state index in [1.54, 1.807) is 0 Å². The molecular weight excluding hydrogens is 653 g/mol. The Labute approximate surface area is 315 Å². The van der Waals surface area contributed by atoms with Crippen molar-refractivity contribution in [2.45, 2.75) is 27.7 Å². The van der Waals surface area contributed by atoms with Crippen LogP contribution in [0.2, 0.25) is 0 Å². The van der Waals surface area contributed by atoms with Crippen molar-refractivity contribution in [2.75, 3.05) is 0 Å². The van der Waals surface area contributed by atoms with Crippen LogP contribution in [0.4, 0.5) is 0 Å². The van der Waals surface area contributed by atoms with E-state index < -0.39 is 0 Å². The lowest BCUT2D eigenvalue weighted by Crippen LogP contribution is -1.91. The summed E-state index contributed by atoms with van der Waals surface area (Å²) in [5, 5.41) is 5.12. The summed E-state index contributed by atoms with van der Waals surface area (Å²) in [4.78, 5) is 7.65. The topological polar surface area (TPSA) is 31.6 Å². The van der Waals surface area contributed by atoms with Gasteiger partial charge in [0.1, 0.15) is 0 Å². The minimum absolute atomic E-state index is 1.17. The van der Waals surface area contributed by atoms with E-state index in [1.807, 2.05) is 0 Å². The van der Waals surface area contributed by atoms with Gasteiger partial charge in [0.15, 0.2) is 0 Å². The maximum absolute atomic E-state index is 3.82. The van der Waals surface area contributed by atoms with Crippen LogP contribution in [-0.2, 0) is 0 Å². The fourth-order valence-electron chi connectivity index (χ4n) is 8.87. The van der Waals surface area contributed by atoms with Crippen molar-refractivity contribution in [3.05, 3.63) is 180 Å². The Kier molecular flexibility index (Phi) is 7.42. The average Bonchev–Trinajstić information content (AvgIpc) is 3.78. The third-order valence-corrected chi connectivity index (χ3v) is 11.6. The van der Waals surface area contributed by atoms with Crippen LogP contribution >= 0.6 is 0 Å². The zero-order valence-electron chi connectivity index (χ0n) is 31.0. The van der Waals surface area contributed by atoms with Gasteiger partial charge in [-0.1, -0.05) is 146 Å². The van der Waals surface area contributed by atoms with Crippen LogP contribution < -0.4 is 0 Å². The zero-order valence-corrected chi connectivity index (χ0v) is 31.0. The Morgan fingerprint density at radius 1 is 0.296 bits per heavy atom. The Morgan fingerprint density at radius 3 is 1.07 bits per heavy atom. The molecule has 10 aromatic rings. The first kappa shape index (κ1) is 32.0. The van der Waals surface area contributed by atoms with Crippen molar-refractivity contribution >= 4 is 43.6 Å². The second-order valence-corrected chi connectivity index (χ2v) is 14.9. The molecule has 2 heteroatoms. The molecule has 54 heavy (non-hydrogen) atoms. The monoisotopic (exact) mass is 692 g/mol. The lowest BCUT2D eigenvalue weighted by atomic mass is 9.88. The van der Waals surface area contributed by atoms with E-state index in [0.717, 1.165) is 0 Å². The second kappa shape index (κ2) is 12.5. The summed E-state index contributed by atoms with van der Waals surface area (Å²) in [6.45, 7) is 8.81. The van der Waals surface area contributed by atoms with E-state index in [9.17, 15) is 0 Å². The number of H-pyrrole nitrogens is 2. The smallest absolute Gasteiger partial charge is 0.0550 e. The highest BCUT2D eigenvalue weighted by atomic mass is 14.7. The normalized spacial score (nSPS) is 11.7. The maximum Gasteiger partial charge on any atom is 0.0550 e.